The molecule has 0 atom stereocenters. The van der Waals surface area contributed by atoms with Crippen LogP contribution >= 0.6 is 11.6 Å². The van der Waals surface area contributed by atoms with Crippen molar-refractivity contribution in [1.82, 2.24) is 9.78 Å². The fraction of sp³-hybridized carbons (Fsp3) is 0.444. The van der Waals surface area contributed by atoms with Gasteiger partial charge in [0.15, 0.2) is 5.69 Å². The Morgan fingerprint density at radius 2 is 2.03 bits per heavy atom. The highest BCUT2D eigenvalue weighted by molar-refractivity contribution is 6.32. The topological polar surface area (TPSA) is 99.3 Å². The summed E-state index contributed by atoms with van der Waals surface area (Å²) in [6, 6.07) is 3.04. The monoisotopic (exact) mass is 482 g/mol. The van der Waals surface area contributed by atoms with Crippen LogP contribution in [0.1, 0.15) is 36.6 Å². The van der Waals surface area contributed by atoms with Gasteiger partial charge in [0.1, 0.15) is 12.4 Å². The Hall–Kier alpha value is -2.96. The third-order valence-electron chi connectivity index (χ3n) is 4.48. The minimum absolute atomic E-state index is 0.0923. The maximum atomic E-state index is 13.1. The SMILES string of the molecule is O=C(CCn1nc(C(F)(F)F)c(Cl)c1C1CC1)Nc1cc(OCC(F)F)cc([N+](=O)[O-])c1. The first-order valence-electron chi connectivity index (χ1n) is 9.29. The smallest absolute Gasteiger partial charge is 0.436 e. The van der Waals surface area contributed by atoms with Gasteiger partial charge in [-0.05, 0) is 12.8 Å². The van der Waals surface area contributed by atoms with Crippen LogP contribution in [0.5, 0.6) is 5.75 Å². The van der Waals surface area contributed by atoms with Gasteiger partial charge in [0, 0.05) is 24.5 Å². The van der Waals surface area contributed by atoms with Crippen LogP contribution in [0.15, 0.2) is 18.2 Å². The number of hydrogen-bond acceptors (Lipinski definition) is 5. The molecule has 0 bridgehead atoms. The van der Waals surface area contributed by atoms with Crippen LogP contribution in [-0.2, 0) is 17.5 Å². The number of amides is 1. The second kappa shape index (κ2) is 9.27. The van der Waals surface area contributed by atoms with Crippen LogP contribution in [-0.4, -0.2) is 33.6 Å². The number of nitro benzene ring substituents is 1. The van der Waals surface area contributed by atoms with Crippen molar-refractivity contribution in [1.29, 1.82) is 0 Å². The van der Waals surface area contributed by atoms with Crippen LogP contribution in [0.3, 0.4) is 0 Å². The Morgan fingerprint density at radius 1 is 1.34 bits per heavy atom. The molecule has 1 amide bonds. The van der Waals surface area contributed by atoms with Crippen molar-refractivity contribution in [3.63, 3.8) is 0 Å². The van der Waals surface area contributed by atoms with Gasteiger partial charge < -0.3 is 10.1 Å². The normalized spacial score (nSPS) is 14.0. The fourth-order valence-corrected chi connectivity index (χ4v) is 3.38. The Morgan fingerprint density at radius 3 is 2.59 bits per heavy atom. The minimum atomic E-state index is -4.74. The minimum Gasteiger partial charge on any atom is -0.487 e. The summed E-state index contributed by atoms with van der Waals surface area (Å²) < 4.78 is 69.8. The zero-order valence-electron chi connectivity index (χ0n) is 16.2. The summed E-state index contributed by atoms with van der Waals surface area (Å²) >= 11 is 5.88. The Labute approximate surface area is 182 Å². The summed E-state index contributed by atoms with van der Waals surface area (Å²) in [5.74, 6) is -1.10. The van der Waals surface area contributed by atoms with Crippen molar-refractivity contribution in [2.45, 2.75) is 44.3 Å². The first kappa shape index (κ1) is 23.7. The molecule has 0 unspecified atom stereocenters. The van der Waals surface area contributed by atoms with Gasteiger partial charge in [-0.15, -0.1) is 0 Å². The predicted molar refractivity (Wildman–Crippen MR) is 102 cm³/mol. The zero-order chi connectivity index (χ0) is 23.6. The summed E-state index contributed by atoms with van der Waals surface area (Å²) in [5.41, 5.74) is -1.60. The van der Waals surface area contributed by atoms with Crippen molar-refractivity contribution in [2.75, 3.05) is 11.9 Å². The summed E-state index contributed by atoms with van der Waals surface area (Å²) in [6.07, 6.45) is -6.56. The fourth-order valence-electron chi connectivity index (χ4n) is 2.99. The summed E-state index contributed by atoms with van der Waals surface area (Å²) in [7, 11) is 0. The van der Waals surface area contributed by atoms with E-state index in [4.69, 9.17) is 16.3 Å². The van der Waals surface area contributed by atoms with Gasteiger partial charge in [-0.2, -0.15) is 18.3 Å². The molecular formula is C18H16ClF5N4O4. The maximum absolute atomic E-state index is 13.1. The molecule has 3 rings (SSSR count). The van der Waals surface area contributed by atoms with Gasteiger partial charge in [0.05, 0.1) is 33.9 Å². The molecule has 1 aliphatic carbocycles. The highest BCUT2D eigenvalue weighted by atomic mass is 35.5. The van der Waals surface area contributed by atoms with E-state index >= 15 is 0 Å². The molecule has 1 aliphatic rings. The second-order valence-electron chi connectivity index (χ2n) is 7.02. The highest BCUT2D eigenvalue weighted by Gasteiger charge is 2.42. The first-order valence-corrected chi connectivity index (χ1v) is 9.67. The first-order chi connectivity index (χ1) is 15.0. The predicted octanol–water partition coefficient (Wildman–Crippen LogP) is 5.01. The number of benzene rings is 1. The molecule has 1 heterocycles. The van der Waals surface area contributed by atoms with E-state index in [-0.39, 0.29) is 36.0 Å². The van der Waals surface area contributed by atoms with Crippen LogP contribution in [0.2, 0.25) is 5.02 Å². The lowest BCUT2D eigenvalue weighted by atomic mass is 10.2. The number of hydrogen-bond donors (Lipinski definition) is 1. The molecule has 1 aromatic heterocycles. The molecule has 1 aromatic carbocycles. The van der Waals surface area contributed by atoms with Gasteiger partial charge in [0.25, 0.3) is 12.1 Å². The number of halogens is 6. The van der Waals surface area contributed by atoms with Crippen molar-refractivity contribution < 1.29 is 36.4 Å². The van der Waals surface area contributed by atoms with E-state index in [1.807, 2.05) is 0 Å². The van der Waals surface area contributed by atoms with E-state index < -0.39 is 46.4 Å². The Balaban J connectivity index is 1.72. The maximum Gasteiger partial charge on any atom is 0.436 e. The van der Waals surface area contributed by atoms with Crippen molar-refractivity contribution in [3.8, 4) is 5.75 Å². The number of aryl methyl sites for hydroxylation is 1. The lowest BCUT2D eigenvalue weighted by molar-refractivity contribution is -0.384. The number of non-ortho nitro benzene ring substituents is 1. The molecule has 0 saturated heterocycles. The molecule has 174 valence electrons. The van der Waals surface area contributed by atoms with E-state index in [2.05, 4.69) is 10.4 Å². The van der Waals surface area contributed by atoms with Crippen LogP contribution in [0.25, 0.3) is 0 Å². The number of carbonyl (C=O) groups excluding carboxylic acids is 1. The number of nitrogens with one attached hydrogen (secondary N) is 1. The van der Waals surface area contributed by atoms with E-state index in [9.17, 15) is 36.9 Å². The van der Waals surface area contributed by atoms with Crippen molar-refractivity contribution in [2.24, 2.45) is 0 Å². The summed E-state index contributed by atoms with van der Waals surface area (Å²) in [5, 5.41) is 16.4. The average molecular weight is 483 g/mol. The van der Waals surface area contributed by atoms with Crippen LogP contribution in [0.4, 0.5) is 33.3 Å². The number of nitro groups is 1. The average Bonchev–Trinajstić information content (AvgIpc) is 3.46. The van der Waals surface area contributed by atoms with Gasteiger partial charge in [0.2, 0.25) is 5.91 Å². The Kier molecular flexibility index (Phi) is 6.86. The van der Waals surface area contributed by atoms with Gasteiger partial charge in [-0.3, -0.25) is 19.6 Å². The van der Waals surface area contributed by atoms with Gasteiger partial charge >= 0.3 is 6.18 Å². The molecule has 1 fully saturated rings. The molecule has 0 aliphatic heterocycles. The molecule has 0 radical (unpaired) electrons. The number of anilines is 1. The van der Waals surface area contributed by atoms with Crippen molar-refractivity contribution in [3.05, 3.63) is 44.7 Å². The molecule has 8 nitrogen and oxygen atoms in total. The molecule has 32 heavy (non-hydrogen) atoms. The van der Waals surface area contributed by atoms with Crippen LogP contribution < -0.4 is 10.1 Å². The van der Waals surface area contributed by atoms with Gasteiger partial charge in [-0.25, -0.2) is 8.78 Å². The van der Waals surface area contributed by atoms with E-state index in [1.165, 1.54) is 0 Å². The standard InChI is InChI=1S/C18H16ClF5N4O4/c19-15-16(9-1-2-9)27(26-17(15)18(22,23)24)4-3-14(29)25-10-5-11(28(30)31)7-12(6-10)32-8-13(20)21/h5-7,9,13H,1-4,8H2,(H,25,29). The summed E-state index contributed by atoms with van der Waals surface area (Å²) in [6.45, 7) is -1.21. The molecule has 0 spiro atoms. The van der Waals surface area contributed by atoms with E-state index in [1.54, 1.807) is 0 Å². The number of alkyl halides is 5. The number of ether oxygens (including phenoxy) is 1. The molecule has 2 aromatic rings. The molecule has 14 heteroatoms. The number of aromatic nitrogens is 2. The highest BCUT2D eigenvalue weighted by Crippen LogP contribution is 2.46. The van der Waals surface area contributed by atoms with Crippen molar-refractivity contribution >= 4 is 28.9 Å². The number of carbonyl (C=O) groups is 1. The lowest BCUT2D eigenvalue weighted by Crippen LogP contribution is -2.17. The quantitative estimate of drug-likeness (QED) is 0.307. The molecule has 1 N–H and O–H groups in total. The van der Waals surface area contributed by atoms with Crippen LogP contribution in [0, 0.1) is 10.1 Å². The Bertz CT molecular complexity index is 1020. The zero-order valence-corrected chi connectivity index (χ0v) is 16.9. The number of nitrogens with zero attached hydrogens (tertiary/aromatic N) is 3. The van der Waals surface area contributed by atoms with E-state index in [0.29, 0.717) is 12.8 Å². The molecule has 1 saturated carbocycles. The largest absolute Gasteiger partial charge is 0.487 e. The lowest BCUT2D eigenvalue weighted by Gasteiger charge is -2.10. The second-order valence-corrected chi connectivity index (χ2v) is 7.39. The third kappa shape index (κ3) is 5.84. The molecular weight excluding hydrogens is 467 g/mol. The summed E-state index contributed by atoms with van der Waals surface area (Å²) in [4.78, 5) is 22.5. The third-order valence-corrected chi connectivity index (χ3v) is 4.85. The van der Waals surface area contributed by atoms with E-state index in [0.717, 1.165) is 22.9 Å². The number of rotatable bonds is 9. The van der Waals surface area contributed by atoms with Gasteiger partial charge in [-0.1, -0.05) is 11.6 Å².